The molecule has 1 aliphatic carbocycles. The van der Waals surface area contributed by atoms with E-state index in [4.69, 9.17) is 4.98 Å². The van der Waals surface area contributed by atoms with Crippen molar-refractivity contribution in [3.63, 3.8) is 0 Å². The summed E-state index contributed by atoms with van der Waals surface area (Å²) in [6, 6.07) is 17.4. The number of nitrogens with zero attached hydrogens (tertiary/aromatic N) is 6. The van der Waals surface area contributed by atoms with Gasteiger partial charge < -0.3 is 15.2 Å². The summed E-state index contributed by atoms with van der Waals surface area (Å²) in [5.74, 6) is -0.0970. The van der Waals surface area contributed by atoms with Crippen molar-refractivity contribution < 1.29 is 14.4 Å². The zero-order chi connectivity index (χ0) is 35.6. The number of carbonyl (C=O) groups is 3. The molecule has 2 aromatic carbocycles. The van der Waals surface area contributed by atoms with Crippen molar-refractivity contribution in [3.05, 3.63) is 88.1 Å². The second-order valence-electron chi connectivity index (χ2n) is 14.6. The Morgan fingerprint density at radius 1 is 0.962 bits per heavy atom. The number of piperazine rings is 1. The zero-order valence-electron chi connectivity index (χ0n) is 29.2. The van der Waals surface area contributed by atoms with Crippen LogP contribution in [0.2, 0.25) is 0 Å². The van der Waals surface area contributed by atoms with Gasteiger partial charge in [0.25, 0.3) is 5.91 Å². The third kappa shape index (κ3) is 5.42. The third-order valence-electron chi connectivity index (χ3n) is 11.7. The first-order chi connectivity index (χ1) is 25.3. The summed E-state index contributed by atoms with van der Waals surface area (Å²) in [5, 5.41) is 5.46. The Hall–Kier alpha value is -5.56. The molecular formula is C39H41N9O4. The van der Waals surface area contributed by atoms with Gasteiger partial charge in [0.1, 0.15) is 6.04 Å². The van der Waals surface area contributed by atoms with Crippen molar-refractivity contribution in [2.75, 3.05) is 44.2 Å². The van der Waals surface area contributed by atoms with Crippen LogP contribution in [0, 0.1) is 0 Å². The van der Waals surface area contributed by atoms with Gasteiger partial charge >= 0.3 is 5.69 Å². The Morgan fingerprint density at radius 2 is 1.77 bits per heavy atom. The van der Waals surface area contributed by atoms with Crippen molar-refractivity contribution in [3.8, 4) is 22.8 Å². The van der Waals surface area contributed by atoms with E-state index >= 15 is 0 Å². The molecule has 52 heavy (non-hydrogen) atoms. The Kier molecular flexibility index (Phi) is 7.83. The molecule has 0 bridgehead atoms. The molecule has 3 aromatic heterocycles. The maximum Gasteiger partial charge on any atom is 0.329 e. The number of rotatable bonds is 7. The number of hydrogen-bond donors (Lipinski definition) is 3. The van der Waals surface area contributed by atoms with E-state index in [9.17, 15) is 19.2 Å². The quantitative estimate of drug-likeness (QED) is 0.219. The molecule has 4 aliphatic rings. The topological polar surface area (TPSA) is 150 Å². The van der Waals surface area contributed by atoms with E-state index in [0.717, 1.165) is 102 Å². The van der Waals surface area contributed by atoms with Crippen LogP contribution >= 0.6 is 0 Å². The molecule has 3 amide bonds. The maximum absolute atomic E-state index is 13.3. The van der Waals surface area contributed by atoms with Crippen LogP contribution in [0.1, 0.15) is 59.8 Å². The number of hydrogen-bond acceptors (Lipinski definition) is 8. The summed E-state index contributed by atoms with van der Waals surface area (Å²) < 4.78 is 3.18. The van der Waals surface area contributed by atoms with Crippen molar-refractivity contribution in [1.29, 1.82) is 0 Å². The van der Waals surface area contributed by atoms with Crippen molar-refractivity contribution in [2.45, 2.75) is 50.0 Å². The molecular weight excluding hydrogens is 658 g/mol. The fourth-order valence-corrected chi connectivity index (χ4v) is 8.58. The molecule has 2 saturated heterocycles. The average Bonchev–Trinajstić information content (AvgIpc) is 3.71. The summed E-state index contributed by atoms with van der Waals surface area (Å²) in [5.41, 5.74) is 7.91. The van der Waals surface area contributed by atoms with Gasteiger partial charge in [-0.3, -0.25) is 33.7 Å². The fourth-order valence-electron chi connectivity index (χ4n) is 8.58. The van der Waals surface area contributed by atoms with Gasteiger partial charge in [0.05, 0.1) is 28.0 Å². The van der Waals surface area contributed by atoms with Crippen LogP contribution in [0.25, 0.3) is 33.8 Å². The number of piperidine rings is 1. The third-order valence-corrected chi connectivity index (χ3v) is 11.7. The normalized spacial score (nSPS) is 20.1. The Bertz CT molecular complexity index is 2290. The second-order valence-corrected chi connectivity index (χ2v) is 14.6. The smallest absolute Gasteiger partial charge is 0.329 e. The summed E-state index contributed by atoms with van der Waals surface area (Å²) in [6.07, 6.45) is 6.44. The van der Waals surface area contributed by atoms with E-state index in [1.807, 2.05) is 24.3 Å². The van der Waals surface area contributed by atoms with E-state index in [0.29, 0.717) is 18.8 Å². The molecule has 1 spiro atoms. The van der Waals surface area contributed by atoms with Crippen molar-refractivity contribution in [2.24, 2.45) is 7.05 Å². The molecule has 0 radical (unpaired) electrons. The Morgan fingerprint density at radius 3 is 2.52 bits per heavy atom. The first kappa shape index (κ1) is 32.4. The largest absolute Gasteiger partial charge is 0.369 e. The van der Waals surface area contributed by atoms with Crippen LogP contribution in [0.15, 0.2) is 65.6 Å². The number of benzene rings is 2. The van der Waals surface area contributed by atoms with Gasteiger partial charge in [0, 0.05) is 81.3 Å². The highest BCUT2D eigenvalue weighted by Gasteiger charge is 2.45. The lowest BCUT2D eigenvalue weighted by atomic mass is 9.64. The van der Waals surface area contributed by atoms with Gasteiger partial charge in [-0.15, -0.1) is 0 Å². The predicted molar refractivity (Wildman–Crippen MR) is 196 cm³/mol. The molecule has 3 fully saturated rings. The van der Waals surface area contributed by atoms with E-state index in [2.05, 4.69) is 60.7 Å². The zero-order valence-corrected chi connectivity index (χ0v) is 29.2. The molecule has 13 heteroatoms. The standard InChI is InChI=1S/C39H41N9O4/c1-45-33-24(4-2-5-30(33)48(38(45)52)31-10-11-32(49)44-37(31)51)13-17-46-18-20-47(21-19-46)26-8-6-25(7-9-26)35-40-16-12-28(43-35)29-22-27-34(42-29)39(14-3-15-39)23-41-36(27)50/h2,4-9,12,16,22,31,42H,3,10-11,13-15,17-21,23H2,1H3,(H,41,50)(H,44,49,51). The van der Waals surface area contributed by atoms with E-state index in [1.165, 1.54) is 6.42 Å². The summed E-state index contributed by atoms with van der Waals surface area (Å²) in [6.45, 7) is 5.17. The first-order valence-corrected chi connectivity index (χ1v) is 18.2. The number of fused-ring (bicyclic) bond motifs is 3. The molecule has 5 aromatic rings. The van der Waals surface area contributed by atoms with Gasteiger partial charge in [-0.25, -0.2) is 14.8 Å². The highest BCUT2D eigenvalue weighted by atomic mass is 16.2. The van der Waals surface area contributed by atoms with Crippen LogP contribution < -0.4 is 21.2 Å². The Balaban J connectivity index is 0.844. The van der Waals surface area contributed by atoms with Gasteiger partial charge in [-0.1, -0.05) is 18.6 Å². The number of para-hydroxylation sites is 1. The number of carbonyl (C=O) groups excluding carboxylic acids is 3. The molecule has 3 N–H and O–H groups in total. The number of nitrogens with one attached hydrogen (secondary N) is 3. The number of aromatic nitrogens is 5. The van der Waals surface area contributed by atoms with Gasteiger partial charge in [-0.2, -0.15) is 0 Å². The molecule has 1 saturated carbocycles. The van der Waals surface area contributed by atoms with Crippen LogP contribution in [-0.2, 0) is 28.5 Å². The monoisotopic (exact) mass is 699 g/mol. The predicted octanol–water partition coefficient (Wildman–Crippen LogP) is 3.30. The molecule has 9 rings (SSSR count). The summed E-state index contributed by atoms with van der Waals surface area (Å²) in [7, 11) is 1.75. The first-order valence-electron chi connectivity index (χ1n) is 18.2. The molecule has 1 unspecified atom stereocenters. The lowest BCUT2D eigenvalue weighted by Crippen LogP contribution is -2.50. The van der Waals surface area contributed by atoms with Crippen LogP contribution in [0.3, 0.4) is 0 Å². The molecule has 3 aliphatic heterocycles. The lowest BCUT2D eigenvalue weighted by molar-refractivity contribution is -0.135. The van der Waals surface area contributed by atoms with Crippen molar-refractivity contribution >= 4 is 34.4 Å². The van der Waals surface area contributed by atoms with E-state index in [1.54, 1.807) is 22.4 Å². The van der Waals surface area contributed by atoms with E-state index < -0.39 is 11.9 Å². The number of H-pyrrole nitrogens is 1. The van der Waals surface area contributed by atoms with Gasteiger partial charge in [0.2, 0.25) is 11.8 Å². The highest BCUT2D eigenvalue weighted by molar-refractivity contribution is 6.00. The van der Waals surface area contributed by atoms with Crippen LogP contribution in [0.4, 0.5) is 5.69 Å². The molecule has 1 atom stereocenters. The van der Waals surface area contributed by atoms with Gasteiger partial charge in [-0.05, 0) is 73.7 Å². The second kappa shape index (κ2) is 12.6. The molecule has 6 heterocycles. The Labute approximate surface area is 300 Å². The van der Waals surface area contributed by atoms with Crippen LogP contribution in [0.5, 0.6) is 0 Å². The number of aryl methyl sites for hydroxylation is 1. The SMILES string of the molecule is Cn1c(=O)n(C2CCC(=O)NC2=O)c2cccc(CCN3CCN(c4ccc(-c5nccc(-c6cc7c([nH]6)C6(CCC6)CNC7=O)n5)cc4)CC3)c21. The fraction of sp³-hybridized carbons (Fsp3) is 0.385. The number of imidazole rings is 1. The summed E-state index contributed by atoms with van der Waals surface area (Å²) in [4.78, 5) is 68.2. The minimum atomic E-state index is -0.691. The minimum Gasteiger partial charge on any atom is -0.369 e. The van der Waals surface area contributed by atoms with Crippen molar-refractivity contribution in [1.82, 2.24) is 39.6 Å². The van der Waals surface area contributed by atoms with E-state index in [-0.39, 0.29) is 29.3 Å². The minimum absolute atomic E-state index is 0.0225. The number of imide groups is 1. The van der Waals surface area contributed by atoms with Crippen LogP contribution in [-0.4, -0.2) is 86.0 Å². The lowest BCUT2D eigenvalue weighted by Gasteiger charge is -2.44. The number of aromatic amines is 1. The average molecular weight is 700 g/mol. The maximum atomic E-state index is 13.3. The number of amides is 3. The number of anilines is 1. The summed E-state index contributed by atoms with van der Waals surface area (Å²) >= 11 is 0. The highest BCUT2D eigenvalue weighted by Crippen LogP contribution is 2.46. The molecule has 266 valence electrons. The van der Waals surface area contributed by atoms with Gasteiger partial charge in [0.15, 0.2) is 5.82 Å². The molecule has 13 nitrogen and oxygen atoms in total.